The van der Waals surface area contributed by atoms with E-state index in [1.165, 1.54) is 142 Å². The molecule has 0 aromatic carbocycles. The fraction of sp³-hybridized carbons (Fsp3) is 0.867. The summed E-state index contributed by atoms with van der Waals surface area (Å²) >= 11 is 0. The lowest BCUT2D eigenvalue weighted by atomic mass is 10.1. The molecule has 35 heavy (non-hydrogen) atoms. The van der Waals surface area contributed by atoms with Gasteiger partial charge in [0, 0.05) is 0 Å². The Morgan fingerprint density at radius 2 is 1.11 bits per heavy atom. The number of imidazole rings is 1. The molecular weight excluding hydrogens is 436 g/mol. The van der Waals surface area contributed by atoms with Crippen molar-refractivity contribution in [1.29, 1.82) is 0 Å². The van der Waals surface area contributed by atoms with E-state index in [-0.39, 0.29) is 0 Å². The minimum Gasteiger partial charge on any atom is -0.547 e. The van der Waals surface area contributed by atoms with Crippen molar-refractivity contribution in [3.63, 3.8) is 0 Å². The lowest BCUT2D eigenvalue weighted by Crippen LogP contribution is -2.32. The Morgan fingerprint density at radius 1 is 0.743 bits per heavy atom. The molecule has 0 fully saturated rings. The minimum atomic E-state index is -1.44. The van der Waals surface area contributed by atoms with Gasteiger partial charge in [0.2, 0.25) is 6.33 Å². The highest BCUT2D eigenvalue weighted by molar-refractivity contribution is 5.68. The van der Waals surface area contributed by atoms with Gasteiger partial charge in [-0.3, -0.25) is 0 Å². The van der Waals surface area contributed by atoms with Gasteiger partial charge in [-0.15, -0.1) is 0 Å². The largest absolute Gasteiger partial charge is 0.547 e. The molecule has 206 valence electrons. The maximum Gasteiger partial charge on any atom is 0.243 e. The normalized spacial score (nSPS) is 11.8. The van der Waals surface area contributed by atoms with Crippen molar-refractivity contribution in [2.75, 3.05) is 0 Å². The van der Waals surface area contributed by atoms with Crippen LogP contribution in [0.4, 0.5) is 0 Å². The van der Waals surface area contributed by atoms with Crippen LogP contribution < -0.4 is 9.67 Å². The lowest BCUT2D eigenvalue weighted by molar-refractivity contribution is -0.696. The fourth-order valence-electron chi connectivity index (χ4n) is 4.27. The molecule has 1 heterocycles. The molecule has 0 spiro atoms. The van der Waals surface area contributed by atoms with Gasteiger partial charge >= 0.3 is 0 Å². The topological polar surface area (TPSA) is 69.2 Å². The van der Waals surface area contributed by atoms with Crippen molar-refractivity contribution < 1.29 is 19.6 Å². The first-order valence-corrected chi connectivity index (χ1v) is 14.9. The van der Waals surface area contributed by atoms with Crippen LogP contribution in [0.15, 0.2) is 18.7 Å². The Kier molecular flexibility index (Phi) is 24.7. The van der Waals surface area contributed by atoms with Crippen molar-refractivity contribution in [3.05, 3.63) is 18.7 Å². The molecule has 1 aromatic heterocycles. The quantitative estimate of drug-likeness (QED) is 0.135. The molecule has 0 aliphatic rings. The summed E-state index contributed by atoms with van der Waals surface area (Å²) in [6.45, 7) is 8.12. The van der Waals surface area contributed by atoms with Gasteiger partial charge in [-0.05, 0) is 32.6 Å². The van der Waals surface area contributed by atoms with Crippen LogP contribution in [0.5, 0.6) is 0 Å². The van der Waals surface area contributed by atoms with Crippen LogP contribution in [0.1, 0.15) is 149 Å². The third-order valence-electron chi connectivity index (χ3n) is 6.63. The smallest absolute Gasteiger partial charge is 0.243 e. The van der Waals surface area contributed by atoms with E-state index in [9.17, 15) is 9.90 Å². The van der Waals surface area contributed by atoms with E-state index < -0.39 is 12.1 Å². The van der Waals surface area contributed by atoms with E-state index in [1.807, 2.05) is 0 Å². The molecule has 0 amide bonds. The first kappa shape index (κ1) is 33.6. The molecular formula is C30H58N2O3. The van der Waals surface area contributed by atoms with Crippen LogP contribution in [0.2, 0.25) is 0 Å². The van der Waals surface area contributed by atoms with Crippen LogP contribution in [0.3, 0.4) is 0 Å². The zero-order valence-corrected chi connectivity index (χ0v) is 23.5. The van der Waals surface area contributed by atoms with E-state index >= 15 is 0 Å². The predicted octanol–water partition coefficient (Wildman–Crippen LogP) is 6.73. The second kappa shape index (κ2) is 25.7. The molecule has 1 unspecified atom stereocenters. The number of aliphatic hydroxyl groups is 1. The number of carbonyl (C=O) groups excluding carboxylic acids is 1. The predicted molar refractivity (Wildman–Crippen MR) is 145 cm³/mol. The second-order valence-corrected chi connectivity index (χ2v) is 10.2. The summed E-state index contributed by atoms with van der Waals surface area (Å²) < 4.78 is 4.78. The third-order valence-corrected chi connectivity index (χ3v) is 6.63. The van der Waals surface area contributed by atoms with Crippen molar-refractivity contribution in [2.24, 2.45) is 0 Å². The summed E-state index contributed by atoms with van der Waals surface area (Å²) in [5.41, 5.74) is 0. The fourth-order valence-corrected chi connectivity index (χ4v) is 4.27. The Hall–Kier alpha value is -1.36. The highest BCUT2D eigenvalue weighted by Crippen LogP contribution is 2.12. The van der Waals surface area contributed by atoms with Crippen molar-refractivity contribution in [1.82, 2.24) is 4.57 Å². The number of hydrogen-bond acceptors (Lipinski definition) is 3. The van der Waals surface area contributed by atoms with Gasteiger partial charge in [0.15, 0.2) is 0 Å². The number of carbonyl (C=O) groups is 1. The van der Waals surface area contributed by atoms with Gasteiger partial charge < -0.3 is 15.0 Å². The molecule has 5 nitrogen and oxygen atoms in total. The number of aliphatic hydroxyl groups excluding tert-OH is 1. The molecule has 1 aromatic rings. The van der Waals surface area contributed by atoms with Gasteiger partial charge in [0.1, 0.15) is 12.4 Å². The maximum atomic E-state index is 9.34. The average Bonchev–Trinajstić information content (AvgIpc) is 3.29. The summed E-state index contributed by atoms with van der Waals surface area (Å²) in [4.78, 5) is 9.34. The number of aromatic nitrogens is 2. The number of aryl methyl sites for hydroxylation is 2. The maximum absolute atomic E-state index is 9.34. The average molecular weight is 495 g/mol. The van der Waals surface area contributed by atoms with Gasteiger partial charge in [0.05, 0.1) is 25.2 Å². The van der Waals surface area contributed by atoms with E-state index in [0.29, 0.717) is 0 Å². The number of rotatable bonds is 23. The number of carboxylic acid groups (broad SMARTS) is 1. The number of unbranched alkanes of at least 4 members (excludes halogenated alkanes) is 18. The summed E-state index contributed by atoms with van der Waals surface area (Å²) in [5.74, 6) is -1.44. The molecule has 0 aliphatic carbocycles. The number of carboxylic acids is 1. The molecule has 5 heteroatoms. The van der Waals surface area contributed by atoms with Crippen molar-refractivity contribution >= 4 is 5.97 Å². The van der Waals surface area contributed by atoms with E-state index in [4.69, 9.17) is 5.11 Å². The summed E-state index contributed by atoms with van der Waals surface area (Å²) in [5, 5.41) is 17.3. The van der Waals surface area contributed by atoms with Gasteiger partial charge in [-0.2, -0.15) is 0 Å². The zero-order chi connectivity index (χ0) is 26.0. The SMILES string of the molecule is CC(O)C(=O)[O-].CCCCCCCCCCCCn1cc[n+](CCCCCCCCCCCC)c1. The zero-order valence-electron chi connectivity index (χ0n) is 23.5. The van der Waals surface area contributed by atoms with Crippen molar-refractivity contribution in [2.45, 2.75) is 168 Å². The first-order chi connectivity index (χ1) is 17.0. The highest BCUT2D eigenvalue weighted by Gasteiger charge is 2.03. The van der Waals surface area contributed by atoms with E-state index in [0.717, 1.165) is 6.92 Å². The first-order valence-electron chi connectivity index (χ1n) is 14.9. The van der Waals surface area contributed by atoms with Crippen LogP contribution in [-0.4, -0.2) is 21.7 Å². The molecule has 1 rings (SSSR count). The minimum absolute atomic E-state index is 1.13. The number of hydrogen-bond donors (Lipinski definition) is 1. The molecule has 1 atom stereocenters. The molecule has 1 N–H and O–H groups in total. The molecule has 0 aliphatic heterocycles. The van der Waals surface area contributed by atoms with Gasteiger partial charge in [-0.1, -0.05) is 117 Å². The van der Waals surface area contributed by atoms with Crippen LogP contribution in [0.25, 0.3) is 0 Å². The number of nitrogens with zero attached hydrogens (tertiary/aromatic N) is 2. The Morgan fingerprint density at radius 3 is 1.51 bits per heavy atom. The molecule has 0 saturated carbocycles. The second-order valence-electron chi connectivity index (χ2n) is 10.2. The monoisotopic (exact) mass is 494 g/mol. The van der Waals surface area contributed by atoms with Gasteiger partial charge in [-0.25, -0.2) is 9.13 Å². The third kappa shape index (κ3) is 24.1. The molecule has 0 bridgehead atoms. The van der Waals surface area contributed by atoms with E-state index in [2.05, 4.69) is 41.7 Å². The van der Waals surface area contributed by atoms with Crippen LogP contribution in [0, 0.1) is 0 Å². The van der Waals surface area contributed by atoms with Gasteiger partial charge in [0.25, 0.3) is 0 Å². The Balaban J connectivity index is 0.00000170. The Bertz CT molecular complexity index is 533. The molecule has 0 saturated heterocycles. The summed E-state index contributed by atoms with van der Waals surface area (Å²) in [6.07, 6.45) is 33.9. The summed E-state index contributed by atoms with van der Waals surface area (Å²) in [7, 11) is 0. The molecule has 0 radical (unpaired) electrons. The van der Waals surface area contributed by atoms with Crippen LogP contribution >= 0.6 is 0 Å². The Labute approximate surface area is 217 Å². The summed E-state index contributed by atoms with van der Waals surface area (Å²) in [6, 6.07) is 0. The lowest BCUT2D eigenvalue weighted by Gasteiger charge is -2.02. The van der Waals surface area contributed by atoms with Crippen molar-refractivity contribution in [3.8, 4) is 0 Å². The highest BCUT2D eigenvalue weighted by atomic mass is 16.4. The number of aliphatic carboxylic acids is 1. The van der Waals surface area contributed by atoms with E-state index in [1.54, 1.807) is 0 Å². The van der Waals surface area contributed by atoms with Crippen LogP contribution in [-0.2, 0) is 17.9 Å². The standard InChI is InChI=1S/C27H53N2.C3H6O3/c1-3-5-7-9-11-13-15-17-19-21-23-28-25-26-29(27-28)24-22-20-18-16-14-12-10-8-6-4-2;1-2(4)3(5)6/h25-27H,3-24H2,1-2H3;2,4H,1H3,(H,5,6)/q+1;/p-1.